The van der Waals surface area contributed by atoms with Crippen LogP contribution in [0.2, 0.25) is 5.15 Å². The minimum atomic E-state index is -0.116. The van der Waals surface area contributed by atoms with E-state index in [-0.39, 0.29) is 11.1 Å². The van der Waals surface area contributed by atoms with E-state index < -0.39 is 0 Å². The highest BCUT2D eigenvalue weighted by molar-refractivity contribution is 9.10. The zero-order chi connectivity index (χ0) is 14.7. The second-order valence-corrected chi connectivity index (χ2v) is 5.91. The molecule has 0 aliphatic carbocycles. The first-order chi connectivity index (χ1) is 9.45. The fraction of sp³-hybridized carbons (Fsp3) is 0.200. The Morgan fingerprint density at radius 1 is 1.30 bits per heavy atom. The van der Waals surface area contributed by atoms with Crippen molar-refractivity contribution in [1.29, 1.82) is 0 Å². The number of carbonyl (C=O) groups is 1. The number of benzene rings is 1. The van der Waals surface area contributed by atoms with Crippen LogP contribution in [-0.2, 0) is 11.2 Å². The van der Waals surface area contributed by atoms with Gasteiger partial charge in [0, 0.05) is 10.7 Å². The molecule has 0 unspecified atom stereocenters. The molecule has 1 heterocycles. The summed E-state index contributed by atoms with van der Waals surface area (Å²) in [5, 5.41) is 3.05. The van der Waals surface area contributed by atoms with Crippen molar-refractivity contribution in [2.45, 2.75) is 20.3 Å². The van der Waals surface area contributed by atoms with E-state index in [2.05, 4.69) is 26.2 Å². The SMILES string of the molecule is Cc1ccc(CC(=O)Nc2cc(Br)cnc2Cl)cc1C. The van der Waals surface area contributed by atoms with Gasteiger partial charge in [-0.15, -0.1) is 0 Å². The van der Waals surface area contributed by atoms with E-state index in [0.29, 0.717) is 12.1 Å². The van der Waals surface area contributed by atoms with Crippen molar-refractivity contribution in [3.05, 3.63) is 56.8 Å². The number of aromatic nitrogens is 1. The number of nitrogens with one attached hydrogen (secondary N) is 1. The average molecular weight is 354 g/mol. The average Bonchev–Trinajstić information content (AvgIpc) is 2.38. The van der Waals surface area contributed by atoms with Crippen molar-refractivity contribution in [1.82, 2.24) is 4.98 Å². The minimum absolute atomic E-state index is 0.116. The number of pyridine rings is 1. The van der Waals surface area contributed by atoms with Gasteiger partial charge in [0.05, 0.1) is 12.1 Å². The number of anilines is 1. The summed E-state index contributed by atoms with van der Waals surface area (Å²) in [5.74, 6) is -0.116. The predicted octanol–water partition coefficient (Wildman–Crippen LogP) is 4.30. The van der Waals surface area contributed by atoms with Gasteiger partial charge in [0.15, 0.2) is 5.15 Å². The largest absolute Gasteiger partial charge is 0.323 e. The lowest BCUT2D eigenvalue weighted by molar-refractivity contribution is -0.115. The van der Waals surface area contributed by atoms with E-state index in [9.17, 15) is 4.79 Å². The number of rotatable bonds is 3. The quantitative estimate of drug-likeness (QED) is 0.836. The molecule has 0 fully saturated rings. The van der Waals surface area contributed by atoms with Crippen LogP contribution in [0.5, 0.6) is 0 Å². The fourth-order valence-corrected chi connectivity index (χ4v) is 2.29. The van der Waals surface area contributed by atoms with Crippen LogP contribution in [0.4, 0.5) is 5.69 Å². The zero-order valence-electron chi connectivity index (χ0n) is 11.2. The van der Waals surface area contributed by atoms with E-state index in [1.807, 2.05) is 32.0 Å². The Morgan fingerprint density at radius 2 is 2.05 bits per heavy atom. The van der Waals surface area contributed by atoms with Gasteiger partial charge in [-0.05, 0) is 52.5 Å². The molecule has 104 valence electrons. The lowest BCUT2D eigenvalue weighted by atomic mass is 10.0. The molecule has 0 spiro atoms. The molecular formula is C15H14BrClN2O. The van der Waals surface area contributed by atoms with Gasteiger partial charge in [-0.25, -0.2) is 4.98 Å². The van der Waals surface area contributed by atoms with Gasteiger partial charge in [-0.2, -0.15) is 0 Å². The van der Waals surface area contributed by atoms with Crippen LogP contribution < -0.4 is 5.32 Å². The van der Waals surface area contributed by atoms with Crippen LogP contribution in [0, 0.1) is 13.8 Å². The van der Waals surface area contributed by atoms with Gasteiger partial charge in [0.1, 0.15) is 0 Å². The van der Waals surface area contributed by atoms with Gasteiger partial charge in [-0.1, -0.05) is 29.8 Å². The van der Waals surface area contributed by atoms with Crippen molar-refractivity contribution in [3.8, 4) is 0 Å². The number of aryl methyl sites for hydroxylation is 2. The second-order valence-electron chi connectivity index (χ2n) is 4.64. The number of carbonyl (C=O) groups excluding carboxylic acids is 1. The van der Waals surface area contributed by atoms with E-state index in [1.165, 1.54) is 11.1 Å². The Labute approximate surface area is 131 Å². The molecule has 0 atom stereocenters. The maximum Gasteiger partial charge on any atom is 0.228 e. The molecule has 3 nitrogen and oxygen atoms in total. The molecule has 0 aliphatic rings. The Bertz CT molecular complexity index is 658. The highest BCUT2D eigenvalue weighted by Crippen LogP contribution is 2.23. The fourth-order valence-electron chi connectivity index (χ4n) is 1.80. The van der Waals surface area contributed by atoms with Gasteiger partial charge in [0.25, 0.3) is 0 Å². The van der Waals surface area contributed by atoms with Crippen molar-refractivity contribution in [3.63, 3.8) is 0 Å². The number of halogens is 2. The van der Waals surface area contributed by atoms with E-state index in [4.69, 9.17) is 11.6 Å². The Hall–Kier alpha value is -1.39. The third-order valence-electron chi connectivity index (χ3n) is 3.02. The Balaban J connectivity index is 2.09. The molecule has 0 saturated carbocycles. The van der Waals surface area contributed by atoms with Gasteiger partial charge < -0.3 is 5.32 Å². The van der Waals surface area contributed by atoms with Crippen LogP contribution in [-0.4, -0.2) is 10.9 Å². The predicted molar refractivity (Wildman–Crippen MR) is 85.2 cm³/mol. The molecule has 2 rings (SSSR count). The van der Waals surface area contributed by atoms with Gasteiger partial charge in [-0.3, -0.25) is 4.79 Å². The first-order valence-corrected chi connectivity index (χ1v) is 7.30. The first kappa shape index (κ1) is 15.0. The highest BCUT2D eigenvalue weighted by Gasteiger charge is 2.09. The maximum atomic E-state index is 12.0. The van der Waals surface area contributed by atoms with Crippen molar-refractivity contribution in [2.24, 2.45) is 0 Å². The van der Waals surface area contributed by atoms with E-state index in [1.54, 1.807) is 12.3 Å². The second kappa shape index (κ2) is 6.37. The summed E-state index contributed by atoms with van der Waals surface area (Å²) in [6, 6.07) is 7.73. The Kier molecular flexibility index (Phi) is 4.78. The first-order valence-electron chi connectivity index (χ1n) is 6.13. The monoisotopic (exact) mass is 352 g/mol. The number of amides is 1. The lowest BCUT2D eigenvalue weighted by Gasteiger charge is -2.08. The summed E-state index contributed by atoms with van der Waals surface area (Å²) >= 11 is 9.24. The molecule has 1 aromatic carbocycles. The van der Waals surface area contributed by atoms with Crippen LogP contribution in [0.3, 0.4) is 0 Å². The standard InChI is InChI=1S/C15H14BrClN2O/c1-9-3-4-11(5-10(9)2)6-14(20)19-13-7-12(16)8-18-15(13)17/h3-5,7-8H,6H2,1-2H3,(H,19,20). The summed E-state index contributed by atoms with van der Waals surface area (Å²) in [6.07, 6.45) is 1.89. The molecule has 0 bridgehead atoms. The van der Waals surface area contributed by atoms with Gasteiger partial charge in [0.2, 0.25) is 5.91 Å². The molecule has 0 aliphatic heterocycles. The summed E-state index contributed by atoms with van der Waals surface area (Å²) in [7, 11) is 0. The zero-order valence-corrected chi connectivity index (χ0v) is 13.5. The van der Waals surface area contributed by atoms with Gasteiger partial charge >= 0.3 is 0 Å². The van der Waals surface area contributed by atoms with Crippen molar-refractivity contribution >= 4 is 39.1 Å². The normalized spacial score (nSPS) is 10.4. The van der Waals surface area contributed by atoms with E-state index >= 15 is 0 Å². The Morgan fingerprint density at radius 3 is 2.75 bits per heavy atom. The van der Waals surface area contributed by atoms with Crippen LogP contribution in [0.15, 0.2) is 34.9 Å². The van der Waals surface area contributed by atoms with Crippen molar-refractivity contribution < 1.29 is 4.79 Å². The van der Waals surface area contributed by atoms with Crippen molar-refractivity contribution in [2.75, 3.05) is 5.32 Å². The maximum absolute atomic E-state index is 12.0. The minimum Gasteiger partial charge on any atom is -0.323 e. The summed E-state index contributed by atoms with van der Waals surface area (Å²) < 4.78 is 0.767. The third kappa shape index (κ3) is 3.81. The third-order valence-corrected chi connectivity index (χ3v) is 3.75. The molecule has 5 heteroatoms. The smallest absolute Gasteiger partial charge is 0.228 e. The molecule has 0 radical (unpaired) electrons. The molecule has 2 aromatic rings. The molecule has 0 saturated heterocycles. The topological polar surface area (TPSA) is 42.0 Å². The summed E-state index contributed by atoms with van der Waals surface area (Å²) in [6.45, 7) is 4.08. The van der Waals surface area contributed by atoms with Crippen LogP contribution in [0.25, 0.3) is 0 Å². The highest BCUT2D eigenvalue weighted by atomic mass is 79.9. The molecule has 1 N–H and O–H groups in total. The number of hydrogen-bond acceptors (Lipinski definition) is 2. The van der Waals surface area contributed by atoms with Crippen LogP contribution in [0.1, 0.15) is 16.7 Å². The summed E-state index contributed by atoms with van der Waals surface area (Å²) in [4.78, 5) is 16.0. The molecule has 1 amide bonds. The molecule has 20 heavy (non-hydrogen) atoms. The molecular weight excluding hydrogens is 340 g/mol. The number of nitrogens with zero attached hydrogens (tertiary/aromatic N) is 1. The number of hydrogen-bond donors (Lipinski definition) is 1. The molecule has 1 aromatic heterocycles. The van der Waals surface area contributed by atoms with Crippen LogP contribution >= 0.6 is 27.5 Å². The summed E-state index contributed by atoms with van der Waals surface area (Å²) in [5.41, 5.74) is 3.88. The lowest BCUT2D eigenvalue weighted by Crippen LogP contribution is -2.15. The van der Waals surface area contributed by atoms with E-state index in [0.717, 1.165) is 10.0 Å².